The fourth-order valence-electron chi connectivity index (χ4n) is 1.77. The maximum Gasteiger partial charge on any atom is 0.573 e. The first-order chi connectivity index (χ1) is 11.4. The zero-order valence-corrected chi connectivity index (χ0v) is 12.6. The van der Waals surface area contributed by atoms with Crippen molar-refractivity contribution in [2.75, 3.05) is 6.61 Å². The molecule has 2 rings (SSSR count). The van der Waals surface area contributed by atoms with Gasteiger partial charge >= 0.3 is 6.36 Å². The molecule has 0 radical (unpaired) electrons. The molecule has 1 N–H and O–H groups in total. The van der Waals surface area contributed by atoms with E-state index in [9.17, 15) is 18.0 Å². The third-order valence-electron chi connectivity index (χ3n) is 2.78. The highest BCUT2D eigenvalue weighted by atomic mass is 19.4. The van der Waals surface area contributed by atoms with E-state index in [1.165, 1.54) is 36.7 Å². The molecule has 2 aromatic rings. The van der Waals surface area contributed by atoms with Gasteiger partial charge in [-0.2, -0.15) is 0 Å². The molecule has 0 aliphatic rings. The third kappa shape index (κ3) is 5.41. The van der Waals surface area contributed by atoms with E-state index in [1.54, 1.807) is 6.92 Å². The molecule has 0 saturated heterocycles. The van der Waals surface area contributed by atoms with Gasteiger partial charge in [0.05, 0.1) is 6.61 Å². The Morgan fingerprint density at radius 2 is 1.92 bits per heavy atom. The number of alkyl halides is 3. The van der Waals surface area contributed by atoms with Crippen LogP contribution in [-0.4, -0.2) is 28.8 Å². The summed E-state index contributed by atoms with van der Waals surface area (Å²) in [4.78, 5) is 19.7. The van der Waals surface area contributed by atoms with Gasteiger partial charge in [-0.25, -0.2) is 9.97 Å². The van der Waals surface area contributed by atoms with Gasteiger partial charge in [0.1, 0.15) is 17.8 Å². The number of carbonyl (C=O) groups excluding carboxylic acids is 1. The van der Waals surface area contributed by atoms with Gasteiger partial charge in [-0.3, -0.25) is 4.79 Å². The van der Waals surface area contributed by atoms with Crippen LogP contribution in [0.5, 0.6) is 11.6 Å². The van der Waals surface area contributed by atoms with Crippen molar-refractivity contribution < 1.29 is 27.4 Å². The quantitative estimate of drug-likeness (QED) is 0.874. The van der Waals surface area contributed by atoms with Crippen molar-refractivity contribution >= 4 is 5.91 Å². The predicted octanol–water partition coefficient (Wildman–Crippen LogP) is 2.70. The highest BCUT2D eigenvalue weighted by Gasteiger charge is 2.30. The Morgan fingerprint density at radius 3 is 2.54 bits per heavy atom. The van der Waals surface area contributed by atoms with E-state index in [0.29, 0.717) is 12.2 Å². The van der Waals surface area contributed by atoms with Crippen LogP contribution in [-0.2, 0) is 6.54 Å². The van der Waals surface area contributed by atoms with Crippen LogP contribution >= 0.6 is 0 Å². The Morgan fingerprint density at radius 1 is 1.21 bits per heavy atom. The van der Waals surface area contributed by atoms with Crippen molar-refractivity contribution in [2.24, 2.45) is 0 Å². The summed E-state index contributed by atoms with van der Waals surface area (Å²) in [5, 5.41) is 2.60. The SMILES string of the molecule is CCOc1cc(C(=O)NCc2ccc(OC(F)(F)F)cc2)ncn1. The monoisotopic (exact) mass is 341 g/mol. The van der Waals surface area contributed by atoms with Crippen LogP contribution in [0.15, 0.2) is 36.7 Å². The van der Waals surface area contributed by atoms with Crippen LogP contribution < -0.4 is 14.8 Å². The topological polar surface area (TPSA) is 73.3 Å². The molecule has 24 heavy (non-hydrogen) atoms. The van der Waals surface area contributed by atoms with Gasteiger partial charge in [-0.05, 0) is 24.6 Å². The summed E-state index contributed by atoms with van der Waals surface area (Å²) < 4.78 is 45.2. The van der Waals surface area contributed by atoms with Crippen molar-refractivity contribution in [3.63, 3.8) is 0 Å². The van der Waals surface area contributed by atoms with E-state index in [-0.39, 0.29) is 23.9 Å². The van der Waals surface area contributed by atoms with Gasteiger partial charge in [0.15, 0.2) is 0 Å². The van der Waals surface area contributed by atoms with Gasteiger partial charge in [0.25, 0.3) is 5.91 Å². The Hall–Kier alpha value is -2.84. The minimum Gasteiger partial charge on any atom is -0.478 e. The Balaban J connectivity index is 1.93. The third-order valence-corrected chi connectivity index (χ3v) is 2.78. The second-order valence-corrected chi connectivity index (χ2v) is 4.55. The molecule has 1 heterocycles. The lowest BCUT2D eigenvalue weighted by Crippen LogP contribution is -2.24. The van der Waals surface area contributed by atoms with Gasteiger partial charge in [-0.15, -0.1) is 13.2 Å². The van der Waals surface area contributed by atoms with E-state index in [4.69, 9.17) is 4.74 Å². The second-order valence-electron chi connectivity index (χ2n) is 4.55. The van der Waals surface area contributed by atoms with Crippen LogP contribution in [0.2, 0.25) is 0 Å². The summed E-state index contributed by atoms with van der Waals surface area (Å²) in [6.45, 7) is 2.32. The zero-order chi connectivity index (χ0) is 17.6. The summed E-state index contributed by atoms with van der Waals surface area (Å²) in [5.74, 6) is -0.491. The standard InChI is InChI=1S/C15H14F3N3O3/c1-2-23-13-7-12(20-9-21-13)14(22)19-8-10-3-5-11(6-4-10)24-15(16,17)18/h3-7,9H,2,8H2,1H3,(H,19,22). The highest BCUT2D eigenvalue weighted by molar-refractivity contribution is 5.92. The molecule has 0 atom stereocenters. The normalized spacial score (nSPS) is 11.0. The maximum atomic E-state index is 12.1. The number of rotatable bonds is 6. The number of benzene rings is 1. The number of nitrogens with zero attached hydrogens (tertiary/aromatic N) is 2. The molecule has 0 fully saturated rings. The van der Waals surface area contributed by atoms with Crippen LogP contribution in [0.4, 0.5) is 13.2 Å². The molecule has 1 aromatic heterocycles. The molecule has 0 saturated carbocycles. The number of nitrogens with one attached hydrogen (secondary N) is 1. The molecule has 0 unspecified atom stereocenters. The zero-order valence-electron chi connectivity index (χ0n) is 12.6. The van der Waals surface area contributed by atoms with Gasteiger partial charge in [-0.1, -0.05) is 12.1 Å². The second kappa shape index (κ2) is 7.62. The first-order valence-corrected chi connectivity index (χ1v) is 6.95. The van der Waals surface area contributed by atoms with E-state index >= 15 is 0 Å². The Labute approximate surface area is 135 Å². The number of carbonyl (C=O) groups is 1. The molecular weight excluding hydrogens is 327 g/mol. The number of amides is 1. The first-order valence-electron chi connectivity index (χ1n) is 6.95. The van der Waals surface area contributed by atoms with Crippen molar-refractivity contribution in [3.8, 4) is 11.6 Å². The average molecular weight is 341 g/mol. The highest BCUT2D eigenvalue weighted by Crippen LogP contribution is 2.22. The number of halogens is 3. The number of aromatic nitrogens is 2. The van der Waals surface area contributed by atoms with Gasteiger partial charge in [0.2, 0.25) is 5.88 Å². The molecule has 9 heteroatoms. The lowest BCUT2D eigenvalue weighted by atomic mass is 10.2. The molecule has 0 bridgehead atoms. The summed E-state index contributed by atoms with van der Waals surface area (Å²) >= 11 is 0. The molecule has 1 aromatic carbocycles. The average Bonchev–Trinajstić information content (AvgIpc) is 2.53. The minimum absolute atomic E-state index is 0.124. The van der Waals surface area contributed by atoms with Crippen LogP contribution in [0, 0.1) is 0 Å². The summed E-state index contributed by atoms with van der Waals surface area (Å²) in [6, 6.07) is 6.60. The lowest BCUT2D eigenvalue weighted by molar-refractivity contribution is -0.274. The summed E-state index contributed by atoms with van der Waals surface area (Å²) in [6.07, 6.45) is -3.52. The van der Waals surface area contributed by atoms with Crippen LogP contribution in [0.25, 0.3) is 0 Å². The lowest BCUT2D eigenvalue weighted by Gasteiger charge is -2.10. The largest absolute Gasteiger partial charge is 0.573 e. The van der Waals surface area contributed by atoms with E-state index in [0.717, 1.165) is 0 Å². The Kier molecular flexibility index (Phi) is 5.56. The molecule has 0 aliphatic carbocycles. The fraction of sp³-hybridized carbons (Fsp3) is 0.267. The Bertz CT molecular complexity index is 690. The summed E-state index contributed by atoms with van der Waals surface area (Å²) in [5.41, 5.74) is 0.738. The molecular formula is C15H14F3N3O3. The molecule has 128 valence electrons. The maximum absolute atomic E-state index is 12.1. The molecule has 1 amide bonds. The number of ether oxygens (including phenoxy) is 2. The van der Waals surface area contributed by atoms with Crippen LogP contribution in [0.3, 0.4) is 0 Å². The molecule has 0 spiro atoms. The number of hydrogen-bond donors (Lipinski definition) is 1. The minimum atomic E-state index is -4.74. The van der Waals surface area contributed by atoms with Crippen molar-refractivity contribution in [2.45, 2.75) is 19.8 Å². The van der Waals surface area contributed by atoms with E-state index in [2.05, 4.69) is 20.0 Å². The smallest absolute Gasteiger partial charge is 0.478 e. The van der Waals surface area contributed by atoms with Crippen molar-refractivity contribution in [1.29, 1.82) is 0 Å². The predicted molar refractivity (Wildman–Crippen MR) is 77.5 cm³/mol. The van der Waals surface area contributed by atoms with E-state index in [1.807, 2.05) is 0 Å². The van der Waals surface area contributed by atoms with Crippen molar-refractivity contribution in [3.05, 3.63) is 47.9 Å². The van der Waals surface area contributed by atoms with Crippen molar-refractivity contribution in [1.82, 2.24) is 15.3 Å². The first kappa shape index (κ1) is 17.5. The molecule has 6 nitrogen and oxygen atoms in total. The van der Waals surface area contributed by atoms with Crippen LogP contribution in [0.1, 0.15) is 23.0 Å². The van der Waals surface area contributed by atoms with Gasteiger partial charge < -0.3 is 14.8 Å². The van der Waals surface area contributed by atoms with Gasteiger partial charge in [0, 0.05) is 12.6 Å². The molecule has 0 aliphatic heterocycles. The van der Waals surface area contributed by atoms with E-state index < -0.39 is 12.3 Å². The summed E-state index contributed by atoms with van der Waals surface area (Å²) in [7, 11) is 0. The fourth-order valence-corrected chi connectivity index (χ4v) is 1.77. The number of hydrogen-bond acceptors (Lipinski definition) is 5.